The summed E-state index contributed by atoms with van der Waals surface area (Å²) >= 11 is 0. The molecular weight excluding hydrogens is 306 g/mol. The van der Waals surface area contributed by atoms with Crippen molar-refractivity contribution >= 4 is 5.91 Å². The van der Waals surface area contributed by atoms with E-state index in [-0.39, 0.29) is 18.6 Å². The molecule has 0 fully saturated rings. The quantitative estimate of drug-likeness (QED) is 0.886. The number of carbonyl (C=O) groups excluding carboxylic acids is 1. The van der Waals surface area contributed by atoms with Crippen LogP contribution in [-0.4, -0.2) is 25.7 Å². The molecule has 0 aliphatic carbocycles. The van der Waals surface area contributed by atoms with E-state index < -0.39 is 0 Å². The SMILES string of the molecule is CCOc1ccccc1OCC(=O)NC1CCOc2ccccc21. The Bertz CT molecular complexity index is 701. The van der Waals surface area contributed by atoms with Crippen LogP contribution in [0.5, 0.6) is 17.2 Å². The molecule has 1 heterocycles. The van der Waals surface area contributed by atoms with E-state index in [1.807, 2.05) is 49.4 Å². The molecule has 1 N–H and O–H groups in total. The molecule has 0 aromatic heterocycles. The molecule has 126 valence electrons. The highest BCUT2D eigenvalue weighted by Gasteiger charge is 2.22. The van der Waals surface area contributed by atoms with Gasteiger partial charge in [0.15, 0.2) is 18.1 Å². The highest BCUT2D eigenvalue weighted by Crippen LogP contribution is 2.31. The van der Waals surface area contributed by atoms with Crippen molar-refractivity contribution in [2.45, 2.75) is 19.4 Å². The van der Waals surface area contributed by atoms with E-state index in [0.29, 0.717) is 24.7 Å². The number of hydrogen-bond acceptors (Lipinski definition) is 4. The third-order valence-electron chi connectivity index (χ3n) is 3.80. The highest BCUT2D eigenvalue weighted by molar-refractivity contribution is 5.78. The van der Waals surface area contributed by atoms with Crippen LogP contribution in [0, 0.1) is 0 Å². The van der Waals surface area contributed by atoms with Gasteiger partial charge in [-0.25, -0.2) is 0 Å². The predicted molar refractivity (Wildman–Crippen MR) is 90.5 cm³/mol. The first-order valence-electron chi connectivity index (χ1n) is 8.13. The Labute approximate surface area is 141 Å². The number of fused-ring (bicyclic) bond motifs is 1. The molecule has 5 heteroatoms. The van der Waals surface area contributed by atoms with Crippen molar-refractivity contribution in [3.8, 4) is 17.2 Å². The zero-order valence-electron chi connectivity index (χ0n) is 13.7. The monoisotopic (exact) mass is 327 g/mol. The first-order valence-corrected chi connectivity index (χ1v) is 8.13. The largest absolute Gasteiger partial charge is 0.493 e. The Morgan fingerprint density at radius 2 is 1.83 bits per heavy atom. The molecule has 0 bridgehead atoms. The van der Waals surface area contributed by atoms with Crippen molar-refractivity contribution in [2.24, 2.45) is 0 Å². The Balaban J connectivity index is 1.59. The summed E-state index contributed by atoms with van der Waals surface area (Å²) in [6.45, 7) is 3.00. The van der Waals surface area contributed by atoms with E-state index in [9.17, 15) is 4.79 Å². The van der Waals surface area contributed by atoms with Crippen molar-refractivity contribution < 1.29 is 19.0 Å². The van der Waals surface area contributed by atoms with E-state index in [1.165, 1.54) is 0 Å². The van der Waals surface area contributed by atoms with Gasteiger partial charge in [-0.3, -0.25) is 4.79 Å². The van der Waals surface area contributed by atoms with Crippen LogP contribution in [0.2, 0.25) is 0 Å². The van der Waals surface area contributed by atoms with Crippen LogP contribution in [0.4, 0.5) is 0 Å². The fourth-order valence-corrected chi connectivity index (χ4v) is 2.72. The zero-order valence-corrected chi connectivity index (χ0v) is 13.7. The summed E-state index contributed by atoms with van der Waals surface area (Å²) in [5, 5.41) is 3.01. The minimum Gasteiger partial charge on any atom is -0.493 e. The maximum atomic E-state index is 12.2. The fraction of sp³-hybridized carbons (Fsp3) is 0.316. The number of nitrogens with one attached hydrogen (secondary N) is 1. The van der Waals surface area contributed by atoms with E-state index in [0.717, 1.165) is 17.7 Å². The van der Waals surface area contributed by atoms with Crippen LogP contribution in [-0.2, 0) is 4.79 Å². The zero-order chi connectivity index (χ0) is 16.8. The van der Waals surface area contributed by atoms with Gasteiger partial charge in [0.1, 0.15) is 5.75 Å². The number of benzene rings is 2. The van der Waals surface area contributed by atoms with Crippen molar-refractivity contribution in [2.75, 3.05) is 19.8 Å². The van der Waals surface area contributed by atoms with E-state index >= 15 is 0 Å². The number of para-hydroxylation sites is 3. The predicted octanol–water partition coefficient (Wildman–Crippen LogP) is 3.10. The summed E-state index contributed by atoms with van der Waals surface area (Å²) in [5.74, 6) is 1.88. The van der Waals surface area contributed by atoms with Crippen LogP contribution in [0.15, 0.2) is 48.5 Å². The average molecular weight is 327 g/mol. The van der Waals surface area contributed by atoms with Gasteiger partial charge in [-0.15, -0.1) is 0 Å². The van der Waals surface area contributed by atoms with Gasteiger partial charge >= 0.3 is 0 Å². The molecule has 1 aliphatic rings. The van der Waals surface area contributed by atoms with Crippen molar-refractivity contribution in [1.82, 2.24) is 5.32 Å². The van der Waals surface area contributed by atoms with Crippen LogP contribution >= 0.6 is 0 Å². The molecule has 5 nitrogen and oxygen atoms in total. The number of hydrogen-bond donors (Lipinski definition) is 1. The van der Waals surface area contributed by atoms with Crippen molar-refractivity contribution in [1.29, 1.82) is 0 Å². The third kappa shape index (κ3) is 3.79. The average Bonchev–Trinajstić information content (AvgIpc) is 2.62. The molecule has 2 aromatic carbocycles. The second-order valence-electron chi connectivity index (χ2n) is 5.46. The number of carbonyl (C=O) groups is 1. The lowest BCUT2D eigenvalue weighted by Crippen LogP contribution is -2.35. The molecule has 1 aliphatic heterocycles. The summed E-state index contributed by atoms with van der Waals surface area (Å²) in [4.78, 5) is 12.2. The second-order valence-corrected chi connectivity index (χ2v) is 5.46. The lowest BCUT2D eigenvalue weighted by Gasteiger charge is -2.26. The normalized spacial score (nSPS) is 15.8. The summed E-state index contributed by atoms with van der Waals surface area (Å²) in [5.41, 5.74) is 1.01. The van der Waals surface area contributed by atoms with Gasteiger partial charge in [-0.05, 0) is 25.1 Å². The lowest BCUT2D eigenvalue weighted by molar-refractivity contribution is -0.124. The van der Waals surface area contributed by atoms with Gasteiger partial charge in [0.05, 0.1) is 19.3 Å². The van der Waals surface area contributed by atoms with Crippen LogP contribution < -0.4 is 19.5 Å². The van der Waals surface area contributed by atoms with Gasteiger partial charge in [-0.2, -0.15) is 0 Å². The number of ether oxygens (including phenoxy) is 3. The smallest absolute Gasteiger partial charge is 0.258 e. The topological polar surface area (TPSA) is 56.8 Å². The summed E-state index contributed by atoms with van der Waals surface area (Å²) in [6, 6.07) is 15.1. The van der Waals surface area contributed by atoms with Gasteiger partial charge in [0, 0.05) is 12.0 Å². The van der Waals surface area contributed by atoms with Gasteiger partial charge < -0.3 is 19.5 Å². The van der Waals surface area contributed by atoms with Gasteiger partial charge in [-0.1, -0.05) is 30.3 Å². The van der Waals surface area contributed by atoms with E-state index in [1.54, 1.807) is 6.07 Å². The molecule has 24 heavy (non-hydrogen) atoms. The molecule has 1 atom stereocenters. The number of rotatable bonds is 6. The van der Waals surface area contributed by atoms with E-state index in [2.05, 4.69) is 5.32 Å². The summed E-state index contributed by atoms with van der Waals surface area (Å²) in [7, 11) is 0. The van der Waals surface area contributed by atoms with Crippen molar-refractivity contribution in [3.63, 3.8) is 0 Å². The highest BCUT2D eigenvalue weighted by atomic mass is 16.5. The molecule has 0 saturated carbocycles. The molecule has 0 radical (unpaired) electrons. The lowest BCUT2D eigenvalue weighted by atomic mass is 10.0. The first-order chi connectivity index (χ1) is 11.8. The van der Waals surface area contributed by atoms with Crippen molar-refractivity contribution in [3.05, 3.63) is 54.1 Å². The van der Waals surface area contributed by atoms with Gasteiger partial charge in [0.2, 0.25) is 0 Å². The third-order valence-corrected chi connectivity index (χ3v) is 3.80. The second kappa shape index (κ2) is 7.73. The minimum atomic E-state index is -0.164. The standard InChI is InChI=1S/C19H21NO4/c1-2-22-17-9-5-6-10-18(17)24-13-19(21)20-15-11-12-23-16-8-4-3-7-14(15)16/h3-10,15H,2,11-13H2,1H3,(H,20,21). The molecule has 3 rings (SSSR count). The molecule has 0 spiro atoms. The minimum absolute atomic E-state index is 0.0480. The van der Waals surface area contributed by atoms with Gasteiger partial charge in [0.25, 0.3) is 5.91 Å². The Morgan fingerprint density at radius 1 is 1.12 bits per heavy atom. The molecule has 1 unspecified atom stereocenters. The Kier molecular flexibility index (Phi) is 5.21. The Hall–Kier alpha value is -2.69. The van der Waals surface area contributed by atoms with Crippen LogP contribution in [0.3, 0.4) is 0 Å². The molecule has 2 aromatic rings. The maximum Gasteiger partial charge on any atom is 0.258 e. The fourth-order valence-electron chi connectivity index (χ4n) is 2.72. The number of amides is 1. The summed E-state index contributed by atoms with van der Waals surface area (Å²) in [6.07, 6.45) is 0.748. The first kappa shape index (κ1) is 16.2. The molecule has 0 saturated heterocycles. The van der Waals surface area contributed by atoms with Crippen LogP contribution in [0.1, 0.15) is 24.9 Å². The molecular formula is C19H21NO4. The van der Waals surface area contributed by atoms with Crippen LogP contribution in [0.25, 0.3) is 0 Å². The summed E-state index contributed by atoms with van der Waals surface area (Å²) < 4.78 is 16.7. The maximum absolute atomic E-state index is 12.2. The van der Waals surface area contributed by atoms with E-state index in [4.69, 9.17) is 14.2 Å². The molecule has 1 amide bonds. The Morgan fingerprint density at radius 3 is 2.62 bits per heavy atom.